The number of alkyl halides is 3. The maximum Gasteiger partial charge on any atom is 0.406 e. The van der Waals surface area contributed by atoms with Gasteiger partial charge in [-0.05, 0) is 13.5 Å². The van der Waals surface area contributed by atoms with Crippen molar-refractivity contribution in [2.45, 2.75) is 26.9 Å². The first-order valence-corrected chi connectivity index (χ1v) is 5.38. The summed E-state index contributed by atoms with van der Waals surface area (Å²) in [6, 6.07) is 0. The maximum absolute atomic E-state index is 12.2. The monoisotopic (exact) mass is 240 g/mol. The Morgan fingerprint density at radius 2 is 1.94 bits per heavy atom. The molecule has 96 valence electrons. The summed E-state index contributed by atoms with van der Waals surface area (Å²) in [5.74, 6) is -0.886. The van der Waals surface area contributed by atoms with Gasteiger partial charge in [0, 0.05) is 19.0 Å². The zero-order valence-electron chi connectivity index (χ0n) is 9.90. The zero-order valence-corrected chi connectivity index (χ0v) is 9.90. The van der Waals surface area contributed by atoms with E-state index in [9.17, 15) is 18.0 Å². The molecule has 0 aromatic carbocycles. The molecular weight excluding hydrogens is 221 g/mol. The highest BCUT2D eigenvalue weighted by atomic mass is 19.4. The first-order valence-electron chi connectivity index (χ1n) is 5.38. The molecule has 0 spiro atoms. The Kier molecular flexibility index (Phi) is 6.40. The van der Waals surface area contributed by atoms with Crippen LogP contribution in [0.4, 0.5) is 13.2 Å². The van der Waals surface area contributed by atoms with E-state index in [0.717, 1.165) is 4.90 Å². The second kappa shape index (κ2) is 6.73. The number of carbonyl (C=O) groups is 1. The molecule has 6 heteroatoms. The highest BCUT2D eigenvalue weighted by Gasteiger charge is 2.33. The number of rotatable bonds is 6. The Hall–Kier alpha value is -0.780. The lowest BCUT2D eigenvalue weighted by Crippen LogP contribution is -2.43. The molecule has 1 atom stereocenters. The predicted octanol–water partition coefficient (Wildman–Crippen LogP) is 1.64. The van der Waals surface area contributed by atoms with Gasteiger partial charge >= 0.3 is 6.18 Å². The van der Waals surface area contributed by atoms with Crippen LogP contribution in [0.15, 0.2) is 0 Å². The lowest BCUT2D eigenvalue weighted by atomic mass is 10.1. The number of nitrogens with one attached hydrogen (secondary N) is 1. The molecule has 0 radical (unpaired) electrons. The summed E-state index contributed by atoms with van der Waals surface area (Å²) in [6.07, 6.45) is -4.33. The number of nitrogens with zero attached hydrogens (tertiary/aromatic N) is 1. The molecule has 0 rings (SSSR count). The minimum Gasteiger partial charge on any atom is -0.334 e. The molecule has 0 aliphatic rings. The van der Waals surface area contributed by atoms with Crippen molar-refractivity contribution >= 4 is 5.91 Å². The van der Waals surface area contributed by atoms with Crippen molar-refractivity contribution in [2.24, 2.45) is 5.92 Å². The van der Waals surface area contributed by atoms with Crippen LogP contribution in [-0.4, -0.2) is 43.2 Å². The highest BCUT2D eigenvalue weighted by molar-refractivity contribution is 5.78. The van der Waals surface area contributed by atoms with Crippen LogP contribution in [0.5, 0.6) is 0 Å². The molecule has 16 heavy (non-hydrogen) atoms. The fourth-order valence-corrected chi connectivity index (χ4v) is 1.32. The topological polar surface area (TPSA) is 32.3 Å². The summed E-state index contributed by atoms with van der Waals surface area (Å²) < 4.78 is 36.5. The summed E-state index contributed by atoms with van der Waals surface area (Å²) in [5, 5.41) is 2.94. The van der Waals surface area contributed by atoms with Crippen molar-refractivity contribution in [3.63, 3.8) is 0 Å². The van der Waals surface area contributed by atoms with Crippen molar-refractivity contribution in [3.05, 3.63) is 0 Å². The summed E-state index contributed by atoms with van der Waals surface area (Å²) in [5.41, 5.74) is 0. The number of hydrogen-bond acceptors (Lipinski definition) is 2. The largest absolute Gasteiger partial charge is 0.406 e. The van der Waals surface area contributed by atoms with Crippen molar-refractivity contribution < 1.29 is 18.0 Å². The van der Waals surface area contributed by atoms with Crippen LogP contribution in [0.2, 0.25) is 0 Å². The summed E-state index contributed by atoms with van der Waals surface area (Å²) >= 11 is 0. The molecule has 0 aliphatic heterocycles. The van der Waals surface area contributed by atoms with Gasteiger partial charge in [-0.2, -0.15) is 13.2 Å². The van der Waals surface area contributed by atoms with Gasteiger partial charge in [0.1, 0.15) is 6.54 Å². The SMILES string of the molecule is CCNCC(C)C(=O)N(CC)CC(F)(F)F. The third-order valence-corrected chi connectivity index (χ3v) is 2.19. The van der Waals surface area contributed by atoms with E-state index in [4.69, 9.17) is 0 Å². The van der Waals surface area contributed by atoms with Crippen LogP contribution in [0.1, 0.15) is 20.8 Å². The molecule has 0 saturated heterocycles. The van der Waals surface area contributed by atoms with Crippen molar-refractivity contribution in [3.8, 4) is 0 Å². The van der Waals surface area contributed by atoms with Crippen LogP contribution < -0.4 is 5.32 Å². The average Bonchev–Trinajstić information content (AvgIpc) is 2.20. The highest BCUT2D eigenvalue weighted by Crippen LogP contribution is 2.17. The van der Waals surface area contributed by atoms with E-state index in [1.807, 2.05) is 6.92 Å². The first kappa shape index (κ1) is 15.2. The van der Waals surface area contributed by atoms with E-state index in [1.54, 1.807) is 13.8 Å². The Morgan fingerprint density at radius 3 is 2.31 bits per heavy atom. The van der Waals surface area contributed by atoms with E-state index in [1.165, 1.54) is 0 Å². The Bertz CT molecular complexity index is 219. The lowest BCUT2D eigenvalue weighted by Gasteiger charge is -2.25. The van der Waals surface area contributed by atoms with Crippen LogP contribution in [0.25, 0.3) is 0 Å². The second-order valence-electron chi connectivity index (χ2n) is 3.68. The van der Waals surface area contributed by atoms with E-state index in [2.05, 4.69) is 5.32 Å². The molecule has 0 aromatic heterocycles. The molecule has 0 bridgehead atoms. The van der Waals surface area contributed by atoms with Gasteiger partial charge in [0.25, 0.3) is 0 Å². The summed E-state index contributed by atoms with van der Waals surface area (Å²) in [4.78, 5) is 12.5. The Labute approximate surface area is 94.0 Å². The Balaban J connectivity index is 4.30. The van der Waals surface area contributed by atoms with E-state index in [-0.39, 0.29) is 6.54 Å². The molecule has 1 unspecified atom stereocenters. The number of halogens is 3. The van der Waals surface area contributed by atoms with Gasteiger partial charge in [-0.15, -0.1) is 0 Å². The minimum absolute atomic E-state index is 0.0782. The van der Waals surface area contributed by atoms with Gasteiger partial charge in [0.2, 0.25) is 5.91 Å². The third-order valence-electron chi connectivity index (χ3n) is 2.19. The average molecular weight is 240 g/mol. The van der Waals surface area contributed by atoms with Crippen molar-refractivity contribution in [2.75, 3.05) is 26.2 Å². The fourth-order valence-electron chi connectivity index (χ4n) is 1.32. The quantitative estimate of drug-likeness (QED) is 0.765. The van der Waals surface area contributed by atoms with Crippen LogP contribution in [0, 0.1) is 5.92 Å². The Morgan fingerprint density at radius 1 is 1.38 bits per heavy atom. The van der Waals surface area contributed by atoms with Crippen LogP contribution in [-0.2, 0) is 4.79 Å². The lowest BCUT2D eigenvalue weighted by molar-refractivity contribution is -0.162. The van der Waals surface area contributed by atoms with Gasteiger partial charge in [-0.1, -0.05) is 13.8 Å². The number of hydrogen-bond donors (Lipinski definition) is 1. The van der Waals surface area contributed by atoms with Crippen LogP contribution >= 0.6 is 0 Å². The summed E-state index contributed by atoms with van der Waals surface area (Å²) in [6.45, 7) is 5.07. The third kappa shape index (κ3) is 5.95. The van der Waals surface area contributed by atoms with Crippen molar-refractivity contribution in [1.29, 1.82) is 0 Å². The number of carbonyl (C=O) groups excluding carboxylic acids is 1. The van der Waals surface area contributed by atoms with Gasteiger partial charge in [-0.25, -0.2) is 0 Å². The van der Waals surface area contributed by atoms with E-state index < -0.39 is 24.5 Å². The molecule has 0 aromatic rings. The van der Waals surface area contributed by atoms with Gasteiger partial charge in [0.15, 0.2) is 0 Å². The first-order chi connectivity index (χ1) is 7.31. The maximum atomic E-state index is 12.2. The zero-order chi connectivity index (χ0) is 12.8. The predicted molar refractivity (Wildman–Crippen MR) is 56.0 cm³/mol. The minimum atomic E-state index is -4.33. The molecule has 0 heterocycles. The van der Waals surface area contributed by atoms with Gasteiger partial charge in [0.05, 0.1) is 0 Å². The fraction of sp³-hybridized carbons (Fsp3) is 0.900. The second-order valence-corrected chi connectivity index (χ2v) is 3.68. The summed E-state index contributed by atoms with van der Waals surface area (Å²) in [7, 11) is 0. The molecular formula is C10H19F3N2O. The smallest absolute Gasteiger partial charge is 0.334 e. The van der Waals surface area contributed by atoms with Crippen LogP contribution in [0.3, 0.4) is 0 Å². The van der Waals surface area contributed by atoms with E-state index in [0.29, 0.717) is 13.1 Å². The molecule has 0 aliphatic carbocycles. The van der Waals surface area contributed by atoms with Gasteiger partial charge in [-0.3, -0.25) is 4.79 Å². The standard InChI is InChI=1S/C10H19F3N2O/c1-4-14-6-8(3)9(16)15(5-2)7-10(11,12)13/h8,14H,4-7H2,1-3H3. The molecule has 0 saturated carbocycles. The normalized spacial score (nSPS) is 13.6. The number of amides is 1. The van der Waals surface area contributed by atoms with Gasteiger partial charge < -0.3 is 10.2 Å². The molecule has 0 fully saturated rings. The molecule has 3 nitrogen and oxygen atoms in total. The van der Waals surface area contributed by atoms with E-state index >= 15 is 0 Å². The molecule has 1 amide bonds. The molecule has 1 N–H and O–H groups in total. The van der Waals surface area contributed by atoms with Crippen molar-refractivity contribution in [1.82, 2.24) is 10.2 Å².